The fourth-order valence-corrected chi connectivity index (χ4v) is 3.32. The summed E-state index contributed by atoms with van der Waals surface area (Å²) < 4.78 is 1.64. The molecule has 1 saturated carbocycles. The van der Waals surface area contributed by atoms with E-state index in [4.69, 9.17) is 5.11 Å². The van der Waals surface area contributed by atoms with Crippen molar-refractivity contribution in [3.05, 3.63) is 68.9 Å². The number of aliphatic hydroxyl groups is 1. The Morgan fingerprint density at radius 3 is 2.54 bits per heavy atom. The highest BCUT2D eigenvalue weighted by molar-refractivity contribution is 5.68. The normalized spacial score (nSPS) is 15.0. The summed E-state index contributed by atoms with van der Waals surface area (Å²) in [5.74, 6) is -0.304. The van der Waals surface area contributed by atoms with Crippen LogP contribution < -0.4 is 10.6 Å². The number of nitrogens with zero attached hydrogens (tertiary/aromatic N) is 3. The highest BCUT2D eigenvalue weighted by atomic mass is 16.4. The van der Waals surface area contributed by atoms with Gasteiger partial charge in [-0.2, -0.15) is 5.10 Å². The van der Waals surface area contributed by atoms with Crippen molar-refractivity contribution in [1.82, 2.24) is 14.6 Å². The summed E-state index contributed by atoms with van der Waals surface area (Å²) >= 11 is 0. The van der Waals surface area contributed by atoms with Gasteiger partial charge in [0.1, 0.15) is 11.0 Å². The van der Waals surface area contributed by atoms with Crippen LogP contribution in [-0.2, 0) is 17.6 Å². The first kappa shape index (κ1) is 18.2. The van der Waals surface area contributed by atoms with Crippen molar-refractivity contribution in [3.63, 3.8) is 0 Å². The second kappa shape index (κ2) is 7.42. The van der Waals surface area contributed by atoms with E-state index in [2.05, 4.69) is 10.1 Å². The van der Waals surface area contributed by atoms with Crippen LogP contribution in [0.15, 0.2) is 41.2 Å². The Hall–Kier alpha value is -3.22. The molecule has 1 aliphatic rings. The molecule has 2 heterocycles. The monoisotopic (exact) mass is 379 g/mol. The zero-order valence-corrected chi connectivity index (χ0v) is 15.3. The molecule has 28 heavy (non-hydrogen) atoms. The number of aromatic nitrogens is 3. The van der Waals surface area contributed by atoms with Gasteiger partial charge < -0.3 is 10.2 Å². The van der Waals surface area contributed by atoms with Gasteiger partial charge >= 0.3 is 5.97 Å². The lowest BCUT2D eigenvalue weighted by Crippen LogP contribution is -2.31. The molecule has 0 bridgehead atoms. The number of aryl methyl sites for hydroxylation is 2. The zero-order valence-electron chi connectivity index (χ0n) is 15.3. The molecule has 0 atom stereocenters. The Morgan fingerprint density at radius 1 is 1.11 bits per heavy atom. The maximum atomic E-state index is 12.7. The number of benzene rings is 1. The molecule has 0 spiro atoms. The van der Waals surface area contributed by atoms with Gasteiger partial charge in [-0.25, -0.2) is 9.50 Å². The minimum Gasteiger partial charge on any atom is -0.511 e. The van der Waals surface area contributed by atoms with Gasteiger partial charge in [0.2, 0.25) is 0 Å². The number of fused-ring (bicyclic) bond motifs is 1. The van der Waals surface area contributed by atoms with Gasteiger partial charge in [-0.05, 0) is 31.2 Å². The van der Waals surface area contributed by atoms with Crippen molar-refractivity contribution in [1.29, 1.82) is 0 Å². The molecule has 0 saturated heterocycles. The van der Waals surface area contributed by atoms with Crippen molar-refractivity contribution < 1.29 is 15.0 Å². The van der Waals surface area contributed by atoms with E-state index in [1.807, 2.05) is 30.3 Å². The minimum absolute atomic E-state index is 0.0594. The Kier molecular flexibility index (Phi) is 4.81. The Labute approximate surface area is 161 Å². The third-order valence-electron chi connectivity index (χ3n) is 4.98. The summed E-state index contributed by atoms with van der Waals surface area (Å²) in [5, 5.41) is 23.9. The first-order valence-corrected chi connectivity index (χ1v) is 9.43. The number of aliphatic hydroxyl groups excluding tert-OH is 1. The van der Waals surface area contributed by atoms with Gasteiger partial charge in [0.05, 0.1) is 6.42 Å². The van der Waals surface area contributed by atoms with Gasteiger partial charge in [0, 0.05) is 24.1 Å². The molecule has 1 aliphatic carbocycles. The molecule has 144 valence electrons. The van der Waals surface area contributed by atoms with Crippen molar-refractivity contribution in [2.24, 2.45) is 0 Å². The summed E-state index contributed by atoms with van der Waals surface area (Å²) in [6.45, 7) is 0. The van der Waals surface area contributed by atoms with Crippen LogP contribution in [0.2, 0.25) is 0 Å². The minimum atomic E-state index is -1.03. The van der Waals surface area contributed by atoms with Crippen LogP contribution in [0.4, 0.5) is 0 Å². The summed E-state index contributed by atoms with van der Waals surface area (Å²) in [4.78, 5) is 28.1. The van der Waals surface area contributed by atoms with Crippen LogP contribution in [0, 0.1) is 0 Å². The molecule has 2 aromatic heterocycles. The maximum absolute atomic E-state index is 12.7. The van der Waals surface area contributed by atoms with Gasteiger partial charge in [0.15, 0.2) is 16.9 Å². The van der Waals surface area contributed by atoms with Crippen molar-refractivity contribution in [3.8, 4) is 0 Å². The van der Waals surface area contributed by atoms with E-state index in [1.165, 1.54) is 6.07 Å². The van der Waals surface area contributed by atoms with E-state index in [0.29, 0.717) is 23.8 Å². The largest absolute Gasteiger partial charge is 0.511 e. The van der Waals surface area contributed by atoms with E-state index < -0.39 is 5.97 Å². The molecule has 0 aliphatic heterocycles. The Balaban J connectivity index is 1.79. The van der Waals surface area contributed by atoms with Crippen LogP contribution in [-0.4, -0.2) is 30.8 Å². The van der Waals surface area contributed by atoms with E-state index in [0.717, 1.165) is 30.5 Å². The van der Waals surface area contributed by atoms with Gasteiger partial charge in [-0.3, -0.25) is 9.59 Å². The number of pyridine rings is 1. The van der Waals surface area contributed by atoms with Crippen LogP contribution in [0.5, 0.6) is 0 Å². The molecule has 2 N–H and O–H groups in total. The molecule has 0 radical (unpaired) electrons. The second-order valence-corrected chi connectivity index (χ2v) is 7.18. The SMILES string of the molecule is O=C(O)CCC(O)=c1c(=O)cc(CCc2ccccc2)n2nc(C3CC3)nc12. The number of hydrogen-bond acceptors (Lipinski definition) is 5. The van der Waals surface area contributed by atoms with Crippen molar-refractivity contribution in [2.45, 2.75) is 44.4 Å². The van der Waals surface area contributed by atoms with Crippen molar-refractivity contribution in [2.75, 3.05) is 0 Å². The van der Waals surface area contributed by atoms with Crippen LogP contribution in [0.3, 0.4) is 0 Å². The van der Waals surface area contributed by atoms with E-state index >= 15 is 0 Å². The number of hydrogen-bond donors (Lipinski definition) is 2. The lowest BCUT2D eigenvalue weighted by molar-refractivity contribution is -0.136. The van der Waals surface area contributed by atoms with Crippen molar-refractivity contribution >= 4 is 17.4 Å². The number of carboxylic acid groups (broad SMARTS) is 1. The Morgan fingerprint density at radius 2 is 1.86 bits per heavy atom. The van der Waals surface area contributed by atoms with E-state index in [1.54, 1.807) is 4.52 Å². The lowest BCUT2D eigenvalue weighted by Gasteiger charge is -2.06. The molecule has 1 fully saturated rings. The molecular weight excluding hydrogens is 358 g/mol. The molecule has 0 amide bonds. The predicted molar refractivity (Wildman–Crippen MR) is 103 cm³/mol. The predicted octanol–water partition coefficient (Wildman–Crippen LogP) is 2.00. The number of rotatable bonds is 7. The van der Waals surface area contributed by atoms with Crippen LogP contribution >= 0.6 is 0 Å². The fraction of sp³-hybridized carbons (Fsp3) is 0.333. The zero-order chi connectivity index (χ0) is 19.7. The standard InChI is InChI=1S/C21H21N3O4/c25-16(10-11-18(27)28)19-17(26)12-15(9-6-13-4-2-1-3-5-13)24-21(19)22-20(23-24)14-7-8-14/h1-5,12,14,25H,6-11H2,(H,27,28). The van der Waals surface area contributed by atoms with E-state index in [9.17, 15) is 14.7 Å². The topological polar surface area (TPSA) is 105 Å². The van der Waals surface area contributed by atoms with Crippen LogP contribution in [0.1, 0.15) is 48.7 Å². The second-order valence-electron chi connectivity index (χ2n) is 7.18. The maximum Gasteiger partial charge on any atom is 0.303 e. The molecule has 7 nitrogen and oxygen atoms in total. The van der Waals surface area contributed by atoms with Gasteiger partial charge in [-0.15, -0.1) is 0 Å². The average molecular weight is 379 g/mol. The highest BCUT2D eigenvalue weighted by Crippen LogP contribution is 2.38. The number of aliphatic carboxylic acids is 1. The third-order valence-corrected chi connectivity index (χ3v) is 4.98. The van der Waals surface area contributed by atoms with Gasteiger partial charge in [0.25, 0.3) is 0 Å². The molecule has 0 unspecified atom stereocenters. The summed E-state index contributed by atoms with van der Waals surface area (Å²) in [5.41, 5.74) is 1.86. The van der Waals surface area contributed by atoms with Crippen LogP contribution in [0.25, 0.3) is 11.4 Å². The first-order chi connectivity index (χ1) is 13.5. The molecular formula is C21H21N3O4. The van der Waals surface area contributed by atoms with E-state index in [-0.39, 0.29) is 29.2 Å². The first-order valence-electron chi connectivity index (χ1n) is 9.43. The fourth-order valence-electron chi connectivity index (χ4n) is 3.32. The van der Waals surface area contributed by atoms with Gasteiger partial charge in [-0.1, -0.05) is 30.3 Å². The quantitative estimate of drug-likeness (QED) is 0.651. The average Bonchev–Trinajstić information content (AvgIpc) is 3.44. The molecule has 4 rings (SSSR count). The lowest BCUT2D eigenvalue weighted by atomic mass is 10.1. The molecule has 1 aromatic carbocycles. The number of carboxylic acids is 1. The third kappa shape index (κ3) is 3.74. The molecule has 7 heteroatoms. The molecule has 3 aromatic rings. The summed E-state index contributed by atoms with van der Waals surface area (Å²) in [6, 6.07) is 11.5. The number of carbonyl (C=O) groups is 1. The highest BCUT2D eigenvalue weighted by Gasteiger charge is 2.29. The summed E-state index contributed by atoms with van der Waals surface area (Å²) in [6.07, 6.45) is 3.03. The summed E-state index contributed by atoms with van der Waals surface area (Å²) in [7, 11) is 0. The smallest absolute Gasteiger partial charge is 0.303 e. The Bertz CT molecular complexity index is 1130.